The van der Waals surface area contributed by atoms with Gasteiger partial charge in [-0.05, 0) is 42.5 Å². The van der Waals surface area contributed by atoms with Crippen LogP contribution in [0.25, 0.3) is 17.0 Å². The third-order valence-corrected chi connectivity index (χ3v) is 5.96. The van der Waals surface area contributed by atoms with Crippen LogP contribution < -0.4 is 0 Å². The lowest BCUT2D eigenvalue weighted by Gasteiger charge is -2.04. The number of nitriles is 1. The summed E-state index contributed by atoms with van der Waals surface area (Å²) in [6.45, 7) is 1.77. The van der Waals surface area contributed by atoms with Crippen molar-refractivity contribution < 1.29 is 9.72 Å². The zero-order valence-electron chi connectivity index (χ0n) is 17.1. The molecule has 0 aliphatic rings. The fraction of sp³-hybridized carbons (Fsp3) is 0.0909. The molecule has 32 heavy (non-hydrogen) atoms. The molecule has 0 bridgehead atoms. The summed E-state index contributed by atoms with van der Waals surface area (Å²) in [5.41, 5.74) is 1.98. The number of nitrogens with zero attached hydrogens (tertiary/aromatic N) is 5. The highest BCUT2D eigenvalue weighted by Crippen LogP contribution is 2.35. The number of carbonyl (C=O) groups excluding carboxylic acids is 1. The first kappa shape index (κ1) is 21.0. The number of nitrogens with one attached hydrogen (secondary N) is 1. The van der Waals surface area contributed by atoms with Crippen LogP contribution in [0.15, 0.2) is 64.4 Å². The minimum Gasteiger partial charge on any atom is -0.358 e. The summed E-state index contributed by atoms with van der Waals surface area (Å²) in [6, 6.07) is 13.8. The standard InChI is InChI=1S/C22H16N6O3S/c1-13-20(16-5-3-4-6-17(16)25-13)21(29)15(11-23)9-14-7-8-19(18(10-14)28(30)31)32-22-26-24-12-27(22)2/h3-10,12,25H,1-2H3. The number of allylic oxidation sites excluding steroid dienone is 1. The second-order valence-corrected chi connectivity index (χ2v) is 7.99. The maximum atomic E-state index is 13.1. The molecule has 0 amide bonds. The van der Waals surface area contributed by atoms with E-state index in [4.69, 9.17) is 0 Å². The molecule has 158 valence electrons. The van der Waals surface area contributed by atoms with Gasteiger partial charge < -0.3 is 9.55 Å². The maximum absolute atomic E-state index is 13.1. The van der Waals surface area contributed by atoms with E-state index in [0.717, 1.165) is 22.7 Å². The Bertz CT molecular complexity index is 1440. The predicted molar refractivity (Wildman–Crippen MR) is 119 cm³/mol. The van der Waals surface area contributed by atoms with Crippen molar-refractivity contribution in [2.75, 3.05) is 0 Å². The lowest BCUT2D eigenvalue weighted by Crippen LogP contribution is -2.03. The highest BCUT2D eigenvalue weighted by atomic mass is 32.2. The summed E-state index contributed by atoms with van der Waals surface area (Å²) >= 11 is 1.11. The molecule has 0 aliphatic carbocycles. The van der Waals surface area contributed by atoms with Crippen molar-refractivity contribution in [2.45, 2.75) is 17.0 Å². The van der Waals surface area contributed by atoms with Crippen molar-refractivity contribution in [1.82, 2.24) is 19.7 Å². The van der Waals surface area contributed by atoms with E-state index in [-0.39, 0.29) is 11.3 Å². The van der Waals surface area contributed by atoms with Gasteiger partial charge in [-0.15, -0.1) is 10.2 Å². The Morgan fingerprint density at radius 1 is 1.31 bits per heavy atom. The number of H-pyrrole nitrogens is 1. The van der Waals surface area contributed by atoms with Gasteiger partial charge in [0, 0.05) is 29.7 Å². The number of aryl methyl sites for hydroxylation is 2. The number of hydrogen-bond donors (Lipinski definition) is 1. The summed E-state index contributed by atoms with van der Waals surface area (Å²) in [6.07, 6.45) is 2.87. The van der Waals surface area contributed by atoms with Gasteiger partial charge in [-0.25, -0.2) is 0 Å². The van der Waals surface area contributed by atoms with Gasteiger partial charge in [0.2, 0.25) is 5.78 Å². The molecule has 2 heterocycles. The number of benzene rings is 2. The quantitative estimate of drug-likeness (QED) is 0.153. The summed E-state index contributed by atoms with van der Waals surface area (Å²) in [5, 5.41) is 30.2. The second kappa shape index (κ2) is 8.49. The number of aromatic amines is 1. The number of fused-ring (bicyclic) bond motifs is 1. The van der Waals surface area contributed by atoms with Crippen LogP contribution in [0.2, 0.25) is 0 Å². The number of aromatic nitrogens is 4. The largest absolute Gasteiger partial charge is 0.358 e. The van der Waals surface area contributed by atoms with Gasteiger partial charge in [0.1, 0.15) is 18.0 Å². The summed E-state index contributed by atoms with van der Waals surface area (Å²) in [4.78, 5) is 27.8. The molecule has 4 rings (SSSR count). The van der Waals surface area contributed by atoms with Crippen molar-refractivity contribution >= 4 is 40.2 Å². The molecule has 9 nitrogen and oxygen atoms in total. The molecule has 0 saturated heterocycles. The van der Waals surface area contributed by atoms with Gasteiger partial charge in [0.05, 0.1) is 15.4 Å². The third-order valence-electron chi connectivity index (χ3n) is 4.85. The van der Waals surface area contributed by atoms with Crippen LogP contribution in [0.1, 0.15) is 21.6 Å². The Kier molecular flexibility index (Phi) is 5.57. The predicted octanol–water partition coefficient (Wildman–Crippen LogP) is 4.45. The molecular formula is C22H16N6O3S. The van der Waals surface area contributed by atoms with Crippen molar-refractivity contribution in [1.29, 1.82) is 5.26 Å². The molecule has 0 spiro atoms. The number of rotatable bonds is 6. The van der Waals surface area contributed by atoms with Crippen LogP contribution in [0.3, 0.4) is 0 Å². The highest BCUT2D eigenvalue weighted by molar-refractivity contribution is 7.99. The first-order valence-corrected chi connectivity index (χ1v) is 10.2. The van der Waals surface area contributed by atoms with Crippen molar-refractivity contribution in [3.63, 3.8) is 0 Å². The first-order chi connectivity index (χ1) is 15.4. The van der Waals surface area contributed by atoms with Gasteiger partial charge in [-0.2, -0.15) is 5.26 Å². The lowest BCUT2D eigenvalue weighted by atomic mass is 9.99. The van der Waals surface area contributed by atoms with E-state index < -0.39 is 10.7 Å². The van der Waals surface area contributed by atoms with Crippen LogP contribution in [0, 0.1) is 28.4 Å². The number of carbonyl (C=O) groups is 1. The topological polar surface area (TPSA) is 130 Å². The number of nitro groups is 1. The van der Waals surface area contributed by atoms with E-state index in [9.17, 15) is 20.2 Å². The van der Waals surface area contributed by atoms with Gasteiger partial charge in [-0.3, -0.25) is 14.9 Å². The summed E-state index contributed by atoms with van der Waals surface area (Å²) < 4.78 is 1.65. The lowest BCUT2D eigenvalue weighted by molar-refractivity contribution is -0.387. The number of hydrogen-bond acceptors (Lipinski definition) is 7. The molecule has 0 aliphatic heterocycles. The summed E-state index contributed by atoms with van der Waals surface area (Å²) in [7, 11) is 1.74. The van der Waals surface area contributed by atoms with Crippen LogP contribution in [-0.4, -0.2) is 30.5 Å². The van der Waals surface area contributed by atoms with E-state index >= 15 is 0 Å². The minimum atomic E-state index is -0.506. The maximum Gasteiger partial charge on any atom is 0.283 e. The Labute approximate surface area is 186 Å². The Balaban J connectivity index is 1.73. The normalized spacial score (nSPS) is 11.5. The zero-order valence-corrected chi connectivity index (χ0v) is 17.9. The van der Waals surface area contributed by atoms with E-state index in [1.54, 1.807) is 30.7 Å². The SMILES string of the molecule is Cc1[nH]c2ccccc2c1C(=O)C(C#N)=Cc1ccc(Sc2nncn2C)c([N+](=O)[O-])c1. The Morgan fingerprint density at radius 2 is 2.09 bits per heavy atom. The van der Waals surface area contributed by atoms with Crippen LogP contribution in [0.4, 0.5) is 5.69 Å². The highest BCUT2D eigenvalue weighted by Gasteiger charge is 2.21. The van der Waals surface area contributed by atoms with Gasteiger partial charge in [0.15, 0.2) is 5.16 Å². The second-order valence-electron chi connectivity index (χ2n) is 6.98. The van der Waals surface area contributed by atoms with Crippen molar-refractivity contribution in [3.8, 4) is 6.07 Å². The summed E-state index contributed by atoms with van der Waals surface area (Å²) in [5.74, 6) is -0.442. The van der Waals surface area contributed by atoms with E-state index in [0.29, 0.717) is 26.9 Å². The fourth-order valence-electron chi connectivity index (χ4n) is 3.34. The number of nitro benzene ring substituents is 1. The van der Waals surface area contributed by atoms with E-state index in [1.165, 1.54) is 18.5 Å². The zero-order chi connectivity index (χ0) is 22.8. The fourth-order valence-corrected chi connectivity index (χ4v) is 4.19. The molecule has 0 atom stereocenters. The molecule has 0 radical (unpaired) electrons. The minimum absolute atomic E-state index is 0.110. The van der Waals surface area contributed by atoms with Gasteiger partial charge >= 0.3 is 0 Å². The number of Topliss-reactive ketones (excluding diaryl/α,β-unsaturated/α-hetero) is 1. The molecule has 2 aromatic carbocycles. The molecule has 0 fully saturated rings. The van der Waals surface area contributed by atoms with Crippen LogP contribution >= 0.6 is 11.8 Å². The monoisotopic (exact) mass is 444 g/mol. The molecule has 10 heteroatoms. The van der Waals surface area contributed by atoms with Crippen LogP contribution in [-0.2, 0) is 7.05 Å². The van der Waals surface area contributed by atoms with E-state index in [2.05, 4.69) is 15.2 Å². The van der Waals surface area contributed by atoms with Gasteiger partial charge in [0.25, 0.3) is 5.69 Å². The smallest absolute Gasteiger partial charge is 0.283 e. The van der Waals surface area contributed by atoms with Crippen LogP contribution in [0.5, 0.6) is 0 Å². The van der Waals surface area contributed by atoms with Gasteiger partial charge in [-0.1, -0.05) is 24.3 Å². The number of para-hydroxylation sites is 1. The van der Waals surface area contributed by atoms with Crippen molar-refractivity contribution in [3.05, 3.63) is 81.3 Å². The molecule has 0 saturated carbocycles. The third kappa shape index (κ3) is 3.89. The average Bonchev–Trinajstić information content (AvgIpc) is 3.33. The molecule has 2 aromatic heterocycles. The molecule has 0 unspecified atom stereocenters. The average molecular weight is 444 g/mol. The van der Waals surface area contributed by atoms with E-state index in [1.807, 2.05) is 30.3 Å². The number of ketones is 1. The molecule has 4 aromatic rings. The Hall–Kier alpha value is -4.23. The first-order valence-electron chi connectivity index (χ1n) is 9.43. The molecular weight excluding hydrogens is 428 g/mol. The van der Waals surface area contributed by atoms with Crippen molar-refractivity contribution in [2.24, 2.45) is 7.05 Å². The Morgan fingerprint density at radius 3 is 2.78 bits per heavy atom. The molecule has 1 N–H and O–H groups in total.